The van der Waals surface area contributed by atoms with Crippen molar-refractivity contribution in [2.75, 3.05) is 5.32 Å². The molecule has 0 amide bonds. The number of fused-ring (bicyclic) bond motifs is 2. The van der Waals surface area contributed by atoms with Crippen molar-refractivity contribution in [3.8, 4) is 0 Å². The van der Waals surface area contributed by atoms with Crippen LogP contribution in [0, 0.1) is 0 Å². The molecule has 0 bridgehead atoms. The molecule has 2 aromatic carbocycles. The molecule has 0 aliphatic carbocycles. The Kier molecular flexibility index (Phi) is 2.67. The lowest BCUT2D eigenvalue weighted by Gasteiger charge is -2.05. The standard InChI is InChI=1S/C16H11N5/c1-3-7-13-11(5-1)9-17-15(19-13)21-16-18-10-12-6-2-4-8-14(12)20-16/h1-10H,(H,17,18,19,20,21). The Labute approximate surface area is 120 Å². The number of para-hydroxylation sites is 2. The van der Waals surface area contributed by atoms with E-state index in [-0.39, 0.29) is 0 Å². The number of aromatic nitrogens is 4. The average Bonchev–Trinajstić information content (AvgIpc) is 2.55. The van der Waals surface area contributed by atoms with Crippen molar-refractivity contribution in [3.05, 3.63) is 60.9 Å². The Balaban J connectivity index is 1.71. The second-order valence-electron chi connectivity index (χ2n) is 4.63. The van der Waals surface area contributed by atoms with Crippen molar-refractivity contribution < 1.29 is 0 Å². The van der Waals surface area contributed by atoms with Crippen LogP contribution in [0.25, 0.3) is 21.8 Å². The SMILES string of the molecule is c1ccc2nc(Nc3ncc4ccccc4n3)ncc2c1. The third kappa shape index (κ3) is 2.25. The number of benzene rings is 2. The Morgan fingerprint density at radius 2 is 1.10 bits per heavy atom. The first kappa shape index (κ1) is 11.7. The van der Waals surface area contributed by atoms with Gasteiger partial charge in [-0.3, -0.25) is 5.32 Å². The van der Waals surface area contributed by atoms with Crippen LogP contribution in [0.5, 0.6) is 0 Å². The molecule has 5 nitrogen and oxygen atoms in total. The van der Waals surface area contributed by atoms with E-state index in [4.69, 9.17) is 0 Å². The monoisotopic (exact) mass is 273 g/mol. The van der Waals surface area contributed by atoms with Gasteiger partial charge < -0.3 is 0 Å². The molecule has 4 aromatic rings. The van der Waals surface area contributed by atoms with E-state index in [0.29, 0.717) is 11.9 Å². The van der Waals surface area contributed by atoms with E-state index in [0.717, 1.165) is 21.8 Å². The van der Waals surface area contributed by atoms with Gasteiger partial charge in [-0.1, -0.05) is 36.4 Å². The topological polar surface area (TPSA) is 63.6 Å². The molecule has 0 saturated carbocycles. The summed E-state index contributed by atoms with van der Waals surface area (Å²) in [7, 11) is 0. The molecular formula is C16H11N5. The molecule has 5 heteroatoms. The van der Waals surface area contributed by atoms with E-state index in [9.17, 15) is 0 Å². The molecule has 21 heavy (non-hydrogen) atoms. The Bertz CT molecular complexity index is 858. The fourth-order valence-electron chi connectivity index (χ4n) is 2.16. The summed E-state index contributed by atoms with van der Waals surface area (Å²) in [6.07, 6.45) is 3.57. The Morgan fingerprint density at radius 3 is 1.62 bits per heavy atom. The number of rotatable bonds is 2. The highest BCUT2D eigenvalue weighted by Crippen LogP contribution is 2.16. The minimum Gasteiger partial charge on any atom is -0.293 e. The molecule has 0 aliphatic rings. The predicted molar refractivity (Wildman–Crippen MR) is 82.4 cm³/mol. The van der Waals surface area contributed by atoms with Gasteiger partial charge in [-0.15, -0.1) is 0 Å². The maximum atomic E-state index is 4.45. The summed E-state index contributed by atoms with van der Waals surface area (Å²) in [4.78, 5) is 17.5. The summed E-state index contributed by atoms with van der Waals surface area (Å²) >= 11 is 0. The van der Waals surface area contributed by atoms with Gasteiger partial charge in [0.25, 0.3) is 0 Å². The Morgan fingerprint density at radius 1 is 0.619 bits per heavy atom. The van der Waals surface area contributed by atoms with E-state index >= 15 is 0 Å². The van der Waals surface area contributed by atoms with Crippen LogP contribution in [0.15, 0.2) is 60.9 Å². The molecular weight excluding hydrogens is 262 g/mol. The number of hydrogen-bond acceptors (Lipinski definition) is 5. The first-order valence-corrected chi connectivity index (χ1v) is 6.59. The minimum absolute atomic E-state index is 0.490. The summed E-state index contributed by atoms with van der Waals surface area (Å²) in [5.74, 6) is 0.980. The van der Waals surface area contributed by atoms with Crippen LogP contribution < -0.4 is 5.32 Å². The molecule has 0 atom stereocenters. The third-order valence-electron chi connectivity index (χ3n) is 3.20. The van der Waals surface area contributed by atoms with E-state index in [1.54, 1.807) is 12.4 Å². The lowest BCUT2D eigenvalue weighted by Crippen LogP contribution is -2.01. The molecule has 4 rings (SSSR count). The highest BCUT2D eigenvalue weighted by Gasteiger charge is 2.03. The van der Waals surface area contributed by atoms with Gasteiger partial charge in [0.1, 0.15) is 0 Å². The van der Waals surface area contributed by atoms with Gasteiger partial charge in [0, 0.05) is 23.2 Å². The largest absolute Gasteiger partial charge is 0.293 e. The average molecular weight is 273 g/mol. The van der Waals surface area contributed by atoms with Crippen LogP contribution >= 0.6 is 0 Å². The summed E-state index contributed by atoms with van der Waals surface area (Å²) in [6.45, 7) is 0. The van der Waals surface area contributed by atoms with Crippen LogP contribution in [-0.2, 0) is 0 Å². The summed E-state index contributed by atoms with van der Waals surface area (Å²) in [5, 5.41) is 5.05. The van der Waals surface area contributed by atoms with E-state index in [1.165, 1.54) is 0 Å². The number of hydrogen-bond donors (Lipinski definition) is 1. The van der Waals surface area contributed by atoms with Crippen molar-refractivity contribution >= 4 is 33.7 Å². The first-order valence-electron chi connectivity index (χ1n) is 6.59. The molecule has 1 N–H and O–H groups in total. The Hall–Kier alpha value is -3.08. The number of nitrogens with one attached hydrogen (secondary N) is 1. The van der Waals surface area contributed by atoms with Gasteiger partial charge in [0.05, 0.1) is 11.0 Å². The summed E-state index contributed by atoms with van der Waals surface area (Å²) in [6, 6.07) is 15.7. The highest BCUT2D eigenvalue weighted by atomic mass is 15.2. The normalized spacial score (nSPS) is 10.9. The van der Waals surface area contributed by atoms with Crippen LogP contribution in [0.4, 0.5) is 11.9 Å². The predicted octanol–water partition coefficient (Wildman–Crippen LogP) is 3.32. The minimum atomic E-state index is 0.490. The maximum absolute atomic E-state index is 4.45. The zero-order chi connectivity index (χ0) is 14.1. The second-order valence-corrected chi connectivity index (χ2v) is 4.63. The van der Waals surface area contributed by atoms with E-state index in [1.807, 2.05) is 48.5 Å². The fourth-order valence-corrected chi connectivity index (χ4v) is 2.16. The number of nitrogens with zero attached hydrogens (tertiary/aromatic N) is 4. The zero-order valence-corrected chi connectivity index (χ0v) is 11.1. The molecule has 0 saturated heterocycles. The van der Waals surface area contributed by atoms with Gasteiger partial charge in [-0.05, 0) is 12.1 Å². The second kappa shape index (κ2) is 4.79. The quantitative estimate of drug-likeness (QED) is 0.607. The van der Waals surface area contributed by atoms with Crippen molar-refractivity contribution in [2.24, 2.45) is 0 Å². The van der Waals surface area contributed by atoms with Crippen LogP contribution in [0.2, 0.25) is 0 Å². The maximum Gasteiger partial charge on any atom is 0.230 e. The van der Waals surface area contributed by atoms with E-state index < -0.39 is 0 Å². The molecule has 0 aliphatic heterocycles. The summed E-state index contributed by atoms with van der Waals surface area (Å²) in [5.41, 5.74) is 1.77. The molecule has 2 heterocycles. The van der Waals surface area contributed by atoms with Crippen LogP contribution in [0.3, 0.4) is 0 Å². The molecule has 0 unspecified atom stereocenters. The van der Waals surface area contributed by atoms with Gasteiger partial charge in [0.15, 0.2) is 0 Å². The van der Waals surface area contributed by atoms with Crippen LogP contribution in [0.1, 0.15) is 0 Å². The van der Waals surface area contributed by atoms with Gasteiger partial charge >= 0.3 is 0 Å². The fraction of sp³-hybridized carbons (Fsp3) is 0. The molecule has 100 valence electrons. The zero-order valence-electron chi connectivity index (χ0n) is 11.1. The lowest BCUT2D eigenvalue weighted by atomic mass is 10.2. The van der Waals surface area contributed by atoms with Gasteiger partial charge in [0.2, 0.25) is 11.9 Å². The summed E-state index contributed by atoms with van der Waals surface area (Å²) < 4.78 is 0. The molecule has 0 fully saturated rings. The molecule has 0 spiro atoms. The van der Waals surface area contributed by atoms with Crippen molar-refractivity contribution in [2.45, 2.75) is 0 Å². The lowest BCUT2D eigenvalue weighted by molar-refractivity contribution is 1.15. The first-order chi connectivity index (χ1) is 10.4. The number of anilines is 2. The van der Waals surface area contributed by atoms with Crippen molar-refractivity contribution in [1.29, 1.82) is 0 Å². The van der Waals surface area contributed by atoms with Gasteiger partial charge in [-0.25, -0.2) is 19.9 Å². The smallest absolute Gasteiger partial charge is 0.230 e. The third-order valence-corrected chi connectivity index (χ3v) is 3.20. The van der Waals surface area contributed by atoms with Crippen molar-refractivity contribution in [3.63, 3.8) is 0 Å². The molecule has 0 radical (unpaired) electrons. The van der Waals surface area contributed by atoms with Crippen molar-refractivity contribution in [1.82, 2.24) is 19.9 Å². The molecule has 2 aromatic heterocycles. The highest BCUT2D eigenvalue weighted by molar-refractivity contribution is 5.80. The van der Waals surface area contributed by atoms with E-state index in [2.05, 4.69) is 25.3 Å². The van der Waals surface area contributed by atoms with Crippen LogP contribution in [-0.4, -0.2) is 19.9 Å². The van der Waals surface area contributed by atoms with Gasteiger partial charge in [-0.2, -0.15) is 0 Å².